The van der Waals surface area contributed by atoms with E-state index in [-0.39, 0.29) is 5.89 Å². The van der Waals surface area contributed by atoms with Crippen LogP contribution < -0.4 is 4.72 Å². The van der Waals surface area contributed by atoms with Gasteiger partial charge in [0.25, 0.3) is 0 Å². The summed E-state index contributed by atoms with van der Waals surface area (Å²) in [6.45, 7) is 3.32. The van der Waals surface area contributed by atoms with Gasteiger partial charge in [-0.25, -0.2) is 13.1 Å². The zero-order valence-electron chi connectivity index (χ0n) is 10.5. The molecule has 6 nitrogen and oxygen atoms in total. The van der Waals surface area contributed by atoms with E-state index >= 15 is 0 Å². The second-order valence-corrected chi connectivity index (χ2v) is 8.13. The van der Waals surface area contributed by atoms with Crippen LogP contribution in [0.4, 0.5) is 0 Å². The molecule has 2 heterocycles. The number of hydrogen-bond donors (Lipinski definition) is 1. The number of hydrogen-bond acceptors (Lipinski definition) is 6. The average Bonchev–Trinajstić information content (AvgIpc) is 2.81. The molecule has 0 aliphatic carbocycles. The van der Waals surface area contributed by atoms with E-state index in [0.717, 1.165) is 15.6 Å². The molecule has 0 aromatic carbocycles. The Morgan fingerprint density at radius 2 is 2.16 bits per heavy atom. The van der Waals surface area contributed by atoms with E-state index in [1.807, 2.05) is 11.4 Å². The molecule has 2 rings (SSSR count). The van der Waals surface area contributed by atoms with Gasteiger partial charge in [0.05, 0.1) is 11.1 Å². The molecule has 0 bridgehead atoms. The minimum absolute atomic E-state index is 0.220. The third-order valence-corrected chi connectivity index (χ3v) is 4.76. The van der Waals surface area contributed by atoms with Gasteiger partial charge in [0, 0.05) is 9.85 Å². The number of nitrogens with one attached hydrogen (secondary N) is 1. The van der Waals surface area contributed by atoms with Crippen LogP contribution in [-0.2, 0) is 15.6 Å². The lowest BCUT2D eigenvalue weighted by atomic mass is 10.1. The summed E-state index contributed by atoms with van der Waals surface area (Å²) >= 11 is 4.82. The van der Waals surface area contributed by atoms with Crippen molar-refractivity contribution in [2.45, 2.75) is 19.4 Å². The van der Waals surface area contributed by atoms with Gasteiger partial charge in [0.15, 0.2) is 0 Å². The van der Waals surface area contributed by atoms with E-state index in [4.69, 9.17) is 4.52 Å². The molecular weight excluding hydrogens is 354 g/mol. The molecule has 0 fully saturated rings. The van der Waals surface area contributed by atoms with Crippen LogP contribution in [0, 0.1) is 0 Å². The zero-order valence-corrected chi connectivity index (χ0v) is 13.7. The first-order chi connectivity index (χ1) is 8.67. The van der Waals surface area contributed by atoms with Crippen molar-refractivity contribution >= 4 is 37.3 Å². The number of aromatic nitrogens is 2. The van der Waals surface area contributed by atoms with Crippen LogP contribution in [0.2, 0.25) is 0 Å². The van der Waals surface area contributed by atoms with Gasteiger partial charge in [-0.05, 0) is 35.8 Å². The summed E-state index contributed by atoms with van der Waals surface area (Å²) in [6.07, 6.45) is 1.09. The highest BCUT2D eigenvalue weighted by Crippen LogP contribution is 2.29. The average molecular weight is 366 g/mol. The van der Waals surface area contributed by atoms with E-state index in [9.17, 15) is 8.42 Å². The molecule has 104 valence electrons. The van der Waals surface area contributed by atoms with Crippen molar-refractivity contribution in [1.29, 1.82) is 0 Å². The van der Waals surface area contributed by atoms with Crippen LogP contribution in [0.1, 0.15) is 19.7 Å². The number of thiophene rings is 1. The van der Waals surface area contributed by atoms with Gasteiger partial charge in [-0.1, -0.05) is 5.16 Å². The topological polar surface area (TPSA) is 85.1 Å². The summed E-state index contributed by atoms with van der Waals surface area (Å²) in [6, 6.07) is 1.87. The Labute approximate surface area is 123 Å². The van der Waals surface area contributed by atoms with Gasteiger partial charge in [-0.3, -0.25) is 0 Å². The fraction of sp³-hybridized carbons (Fsp3) is 0.400. The van der Waals surface area contributed by atoms with Crippen molar-refractivity contribution in [3.05, 3.63) is 21.8 Å². The second kappa shape index (κ2) is 4.97. The maximum absolute atomic E-state index is 11.3. The van der Waals surface area contributed by atoms with E-state index in [1.165, 1.54) is 11.3 Å². The molecule has 0 atom stereocenters. The fourth-order valence-corrected chi connectivity index (χ4v) is 3.88. The van der Waals surface area contributed by atoms with E-state index in [2.05, 4.69) is 30.8 Å². The summed E-state index contributed by atoms with van der Waals surface area (Å²) in [5.74, 6) is 0.659. The zero-order chi connectivity index (χ0) is 14.3. The second-order valence-electron chi connectivity index (χ2n) is 4.55. The highest BCUT2D eigenvalue weighted by molar-refractivity contribution is 9.10. The molecule has 0 aliphatic rings. The van der Waals surface area contributed by atoms with Crippen LogP contribution in [0.3, 0.4) is 0 Å². The van der Waals surface area contributed by atoms with Crippen molar-refractivity contribution < 1.29 is 12.9 Å². The third kappa shape index (κ3) is 3.62. The van der Waals surface area contributed by atoms with Crippen LogP contribution in [0.25, 0.3) is 10.7 Å². The number of halogens is 1. The molecule has 0 spiro atoms. The number of rotatable bonds is 4. The minimum Gasteiger partial charge on any atom is -0.337 e. The molecule has 0 aliphatic heterocycles. The van der Waals surface area contributed by atoms with Gasteiger partial charge in [-0.15, -0.1) is 11.3 Å². The smallest absolute Gasteiger partial charge is 0.247 e. The maximum atomic E-state index is 11.3. The molecule has 0 radical (unpaired) electrons. The molecule has 0 unspecified atom stereocenters. The molecule has 0 saturated heterocycles. The molecule has 0 saturated carbocycles. The van der Waals surface area contributed by atoms with Gasteiger partial charge < -0.3 is 4.52 Å². The molecule has 2 aromatic rings. The number of nitrogens with zero attached hydrogens (tertiary/aromatic N) is 2. The van der Waals surface area contributed by atoms with Crippen molar-refractivity contribution in [1.82, 2.24) is 14.9 Å². The summed E-state index contributed by atoms with van der Waals surface area (Å²) < 4.78 is 31.1. The van der Waals surface area contributed by atoms with Crippen LogP contribution in [0.15, 0.2) is 20.4 Å². The Morgan fingerprint density at radius 3 is 2.68 bits per heavy atom. The Kier molecular flexibility index (Phi) is 3.83. The lowest BCUT2D eigenvalue weighted by Gasteiger charge is -2.19. The number of sulfonamides is 1. The highest BCUT2D eigenvalue weighted by atomic mass is 79.9. The Morgan fingerprint density at radius 1 is 1.47 bits per heavy atom. The van der Waals surface area contributed by atoms with Gasteiger partial charge in [-0.2, -0.15) is 4.98 Å². The highest BCUT2D eigenvalue weighted by Gasteiger charge is 2.31. The SMILES string of the molecule is CC(C)(NS(C)(=O)=O)c1nc(-c2cc(Br)cs2)no1. The first kappa shape index (κ1) is 14.6. The van der Waals surface area contributed by atoms with Gasteiger partial charge >= 0.3 is 0 Å². The largest absolute Gasteiger partial charge is 0.337 e. The predicted octanol–water partition coefficient (Wildman–Crippen LogP) is 2.34. The standard InChI is InChI=1S/C10H12BrN3O3S2/c1-10(2,14-19(3,15)16)9-12-8(13-17-9)7-4-6(11)5-18-7/h4-5,14H,1-3H3. The Bertz CT molecular complexity index is 690. The molecule has 2 aromatic heterocycles. The normalized spacial score (nSPS) is 12.8. The third-order valence-electron chi connectivity index (χ3n) is 2.19. The first-order valence-electron chi connectivity index (χ1n) is 5.25. The molecule has 1 N–H and O–H groups in total. The van der Waals surface area contributed by atoms with Crippen molar-refractivity contribution in [2.24, 2.45) is 0 Å². The van der Waals surface area contributed by atoms with E-state index in [1.54, 1.807) is 13.8 Å². The maximum Gasteiger partial charge on any atom is 0.247 e. The summed E-state index contributed by atoms with van der Waals surface area (Å²) in [5.41, 5.74) is -0.951. The fourth-order valence-electron chi connectivity index (χ4n) is 1.51. The van der Waals surface area contributed by atoms with Crippen LogP contribution >= 0.6 is 27.3 Å². The van der Waals surface area contributed by atoms with Crippen molar-refractivity contribution in [2.75, 3.05) is 6.26 Å². The van der Waals surface area contributed by atoms with Crippen LogP contribution in [-0.4, -0.2) is 24.8 Å². The summed E-state index contributed by atoms with van der Waals surface area (Å²) in [4.78, 5) is 5.08. The summed E-state index contributed by atoms with van der Waals surface area (Å²) in [7, 11) is -3.36. The molecule has 0 amide bonds. The quantitative estimate of drug-likeness (QED) is 0.898. The molecule has 19 heavy (non-hydrogen) atoms. The van der Waals surface area contributed by atoms with Gasteiger partial charge in [0.2, 0.25) is 21.7 Å². The predicted molar refractivity (Wildman–Crippen MR) is 76.3 cm³/mol. The monoisotopic (exact) mass is 365 g/mol. The lowest BCUT2D eigenvalue weighted by molar-refractivity contribution is 0.296. The summed E-state index contributed by atoms with van der Waals surface area (Å²) in [5, 5.41) is 5.77. The van der Waals surface area contributed by atoms with Crippen molar-refractivity contribution in [3.63, 3.8) is 0 Å². The Balaban J connectivity index is 2.30. The van der Waals surface area contributed by atoms with E-state index < -0.39 is 15.6 Å². The minimum atomic E-state index is -3.36. The Hall–Kier alpha value is -0.770. The van der Waals surface area contributed by atoms with Crippen LogP contribution in [0.5, 0.6) is 0 Å². The first-order valence-corrected chi connectivity index (χ1v) is 8.81. The lowest BCUT2D eigenvalue weighted by Crippen LogP contribution is -2.40. The van der Waals surface area contributed by atoms with Crippen molar-refractivity contribution in [3.8, 4) is 10.7 Å². The molecular formula is C10H12BrN3O3S2. The molecule has 9 heteroatoms. The van der Waals surface area contributed by atoms with E-state index in [0.29, 0.717) is 5.82 Å². The van der Waals surface area contributed by atoms with Gasteiger partial charge in [0.1, 0.15) is 5.54 Å².